The Morgan fingerprint density at radius 1 is 1.20 bits per heavy atom. The largest absolute Gasteiger partial charge is 0.339 e. The van der Waals surface area contributed by atoms with Crippen molar-refractivity contribution in [2.24, 2.45) is 0 Å². The summed E-state index contributed by atoms with van der Waals surface area (Å²) in [4.78, 5) is 6.78. The zero-order valence-corrected chi connectivity index (χ0v) is 12.6. The molecule has 2 aromatic heterocycles. The number of fused-ring (bicyclic) bond motifs is 1. The van der Waals surface area contributed by atoms with E-state index in [1.807, 2.05) is 0 Å². The van der Waals surface area contributed by atoms with Crippen molar-refractivity contribution in [3.63, 3.8) is 0 Å². The van der Waals surface area contributed by atoms with E-state index in [1.54, 1.807) is 6.92 Å². The van der Waals surface area contributed by atoms with Crippen LogP contribution in [0.2, 0.25) is 0 Å². The molecule has 6 nitrogen and oxygen atoms in total. The van der Waals surface area contributed by atoms with Gasteiger partial charge in [-0.3, -0.25) is 9.58 Å². The summed E-state index contributed by atoms with van der Waals surface area (Å²) in [5, 5.41) is 8.68. The van der Waals surface area contributed by atoms with Gasteiger partial charge in [0.05, 0.1) is 5.69 Å². The fourth-order valence-electron chi connectivity index (χ4n) is 2.72. The molecule has 0 fully saturated rings. The van der Waals surface area contributed by atoms with Gasteiger partial charge in [0.1, 0.15) is 5.69 Å². The van der Waals surface area contributed by atoms with Crippen molar-refractivity contribution < 1.29 is 4.52 Å². The molecule has 0 spiro atoms. The molecule has 2 aromatic rings. The highest BCUT2D eigenvalue weighted by Crippen LogP contribution is 2.26. The Labute approximate surface area is 118 Å². The van der Waals surface area contributed by atoms with E-state index in [9.17, 15) is 0 Å². The molecule has 0 N–H and O–H groups in total. The molecule has 1 aliphatic heterocycles. The first-order chi connectivity index (χ1) is 9.56. The van der Waals surface area contributed by atoms with Gasteiger partial charge in [-0.25, -0.2) is 0 Å². The Morgan fingerprint density at radius 3 is 2.65 bits per heavy atom. The maximum absolute atomic E-state index is 5.07. The second-order valence-electron chi connectivity index (χ2n) is 5.70. The number of hydrogen-bond donors (Lipinski definition) is 0. The van der Waals surface area contributed by atoms with Crippen LogP contribution >= 0.6 is 0 Å². The summed E-state index contributed by atoms with van der Waals surface area (Å²) in [7, 11) is 0. The van der Waals surface area contributed by atoms with Crippen LogP contribution in [0.25, 0.3) is 11.5 Å². The molecule has 0 aliphatic carbocycles. The van der Waals surface area contributed by atoms with E-state index in [0.29, 0.717) is 17.8 Å². The highest BCUT2D eigenvalue weighted by molar-refractivity contribution is 5.55. The summed E-state index contributed by atoms with van der Waals surface area (Å²) >= 11 is 0. The van der Waals surface area contributed by atoms with Crippen molar-refractivity contribution in [3.05, 3.63) is 17.1 Å². The van der Waals surface area contributed by atoms with E-state index < -0.39 is 0 Å². The van der Waals surface area contributed by atoms with Crippen LogP contribution in [0.3, 0.4) is 0 Å². The number of rotatable bonds is 2. The van der Waals surface area contributed by atoms with Gasteiger partial charge >= 0.3 is 0 Å². The number of nitrogens with zero attached hydrogens (tertiary/aromatic N) is 5. The predicted molar refractivity (Wildman–Crippen MR) is 75.2 cm³/mol. The Kier molecular flexibility index (Phi) is 3.33. The van der Waals surface area contributed by atoms with Gasteiger partial charge in [-0.05, 0) is 27.2 Å². The Morgan fingerprint density at radius 2 is 2.00 bits per heavy atom. The van der Waals surface area contributed by atoms with Gasteiger partial charge in [0.25, 0.3) is 0 Å². The first-order valence-electron chi connectivity index (χ1n) is 7.17. The molecule has 20 heavy (non-hydrogen) atoms. The first kappa shape index (κ1) is 13.3. The van der Waals surface area contributed by atoms with Crippen LogP contribution in [0.5, 0.6) is 0 Å². The second kappa shape index (κ2) is 5.01. The monoisotopic (exact) mass is 275 g/mol. The normalized spacial score (nSPS) is 16.4. The summed E-state index contributed by atoms with van der Waals surface area (Å²) in [5.41, 5.74) is 3.29. The van der Waals surface area contributed by atoms with Crippen molar-refractivity contribution in [2.75, 3.05) is 6.54 Å². The number of aryl methyl sites for hydroxylation is 2. The van der Waals surface area contributed by atoms with Crippen LogP contribution in [-0.4, -0.2) is 37.4 Å². The lowest BCUT2D eigenvalue weighted by Gasteiger charge is -2.24. The van der Waals surface area contributed by atoms with Crippen molar-refractivity contribution in [1.29, 1.82) is 0 Å². The second-order valence-corrected chi connectivity index (χ2v) is 5.70. The zero-order chi connectivity index (χ0) is 14.3. The Bertz CT molecular complexity index is 613. The van der Waals surface area contributed by atoms with Crippen molar-refractivity contribution in [3.8, 4) is 11.5 Å². The lowest BCUT2D eigenvalue weighted by Crippen LogP contribution is -2.30. The quantitative estimate of drug-likeness (QED) is 0.840. The summed E-state index contributed by atoms with van der Waals surface area (Å²) in [6.07, 6.45) is 1.12. The van der Waals surface area contributed by atoms with Gasteiger partial charge in [0, 0.05) is 38.2 Å². The van der Waals surface area contributed by atoms with Crippen LogP contribution in [0.1, 0.15) is 37.4 Å². The number of hydrogen-bond acceptors (Lipinski definition) is 5. The standard InChI is InChI=1S/C14H21N5O/c1-9(2)18-6-5-7-19-12(8-18)10(3)13(16-19)14-15-11(4)20-17-14/h9H,5-8H2,1-4H3. The summed E-state index contributed by atoms with van der Waals surface area (Å²) in [6.45, 7) is 11.4. The minimum atomic E-state index is 0.548. The zero-order valence-electron chi connectivity index (χ0n) is 12.6. The van der Waals surface area contributed by atoms with Crippen molar-refractivity contribution in [1.82, 2.24) is 24.8 Å². The van der Waals surface area contributed by atoms with E-state index in [-0.39, 0.29) is 0 Å². The molecule has 3 rings (SSSR count). The smallest absolute Gasteiger partial charge is 0.223 e. The van der Waals surface area contributed by atoms with Crippen molar-refractivity contribution >= 4 is 0 Å². The van der Waals surface area contributed by atoms with E-state index in [2.05, 4.69) is 40.5 Å². The summed E-state index contributed by atoms with van der Waals surface area (Å²) in [5.74, 6) is 1.17. The Balaban J connectivity index is 2.00. The van der Waals surface area contributed by atoms with Crippen molar-refractivity contribution in [2.45, 2.75) is 53.2 Å². The Hall–Kier alpha value is -1.69. The summed E-state index contributed by atoms with van der Waals surface area (Å²) < 4.78 is 7.18. The predicted octanol–water partition coefficient (Wildman–Crippen LogP) is 2.16. The fourth-order valence-corrected chi connectivity index (χ4v) is 2.72. The summed E-state index contributed by atoms with van der Waals surface area (Å²) in [6, 6.07) is 0.548. The maximum Gasteiger partial charge on any atom is 0.223 e. The van der Waals surface area contributed by atoms with Gasteiger partial charge in [-0.2, -0.15) is 10.1 Å². The molecule has 0 bridgehead atoms. The molecule has 0 amide bonds. The van der Waals surface area contributed by atoms with Gasteiger partial charge in [0.15, 0.2) is 0 Å². The number of aromatic nitrogens is 4. The average molecular weight is 275 g/mol. The van der Waals surface area contributed by atoms with Crippen LogP contribution in [0.15, 0.2) is 4.52 Å². The molecule has 0 aromatic carbocycles. The van der Waals surface area contributed by atoms with E-state index in [4.69, 9.17) is 9.62 Å². The van der Waals surface area contributed by atoms with Crippen LogP contribution in [0, 0.1) is 13.8 Å². The maximum atomic E-state index is 5.07. The van der Waals surface area contributed by atoms with Crippen LogP contribution < -0.4 is 0 Å². The van der Waals surface area contributed by atoms with Gasteiger partial charge in [-0.15, -0.1) is 0 Å². The van der Waals surface area contributed by atoms with Crippen LogP contribution in [0.4, 0.5) is 0 Å². The average Bonchev–Trinajstić information content (AvgIpc) is 2.86. The fraction of sp³-hybridized carbons (Fsp3) is 0.643. The SMILES string of the molecule is Cc1nc(-c2nn3c(c2C)CN(C(C)C)CCC3)no1. The lowest BCUT2D eigenvalue weighted by atomic mass is 10.1. The lowest BCUT2D eigenvalue weighted by molar-refractivity contribution is 0.216. The molecule has 0 saturated heterocycles. The third-order valence-corrected chi connectivity index (χ3v) is 3.96. The molecule has 0 atom stereocenters. The molecule has 108 valence electrons. The minimum Gasteiger partial charge on any atom is -0.339 e. The van der Waals surface area contributed by atoms with Crippen LogP contribution in [-0.2, 0) is 13.1 Å². The van der Waals surface area contributed by atoms with Gasteiger partial charge in [0.2, 0.25) is 11.7 Å². The molecular formula is C14H21N5O. The topological polar surface area (TPSA) is 60.0 Å². The van der Waals surface area contributed by atoms with Gasteiger partial charge in [-0.1, -0.05) is 5.16 Å². The molecule has 0 unspecified atom stereocenters. The minimum absolute atomic E-state index is 0.548. The molecule has 0 radical (unpaired) electrons. The van der Waals surface area contributed by atoms with E-state index >= 15 is 0 Å². The highest BCUT2D eigenvalue weighted by Gasteiger charge is 2.24. The highest BCUT2D eigenvalue weighted by atomic mass is 16.5. The molecule has 6 heteroatoms. The molecule has 1 aliphatic rings. The molecular weight excluding hydrogens is 254 g/mol. The molecule has 3 heterocycles. The molecule has 0 saturated carbocycles. The third-order valence-electron chi connectivity index (χ3n) is 3.96. The van der Waals surface area contributed by atoms with E-state index in [0.717, 1.165) is 31.7 Å². The van der Waals surface area contributed by atoms with Gasteiger partial charge < -0.3 is 4.52 Å². The third kappa shape index (κ3) is 2.24. The first-order valence-corrected chi connectivity index (χ1v) is 7.17. The van der Waals surface area contributed by atoms with E-state index in [1.165, 1.54) is 11.3 Å².